The Bertz CT molecular complexity index is 433. The summed E-state index contributed by atoms with van der Waals surface area (Å²) in [5.74, 6) is 0.813. The maximum atomic E-state index is 12.2. The first-order valence-corrected chi connectivity index (χ1v) is 7.87. The molecule has 5 heteroatoms. The molecule has 0 bridgehead atoms. The molecule has 2 heterocycles. The first-order chi connectivity index (χ1) is 8.60. The molecule has 100 valence electrons. The van der Waals surface area contributed by atoms with Crippen LogP contribution < -0.4 is 0 Å². The molecule has 0 aromatic carbocycles. The van der Waals surface area contributed by atoms with Crippen molar-refractivity contribution in [2.75, 3.05) is 19.6 Å². The van der Waals surface area contributed by atoms with E-state index in [1.165, 1.54) is 30.6 Å². The van der Waals surface area contributed by atoms with E-state index in [2.05, 4.69) is 11.8 Å². The van der Waals surface area contributed by atoms with Crippen LogP contribution in [0.5, 0.6) is 0 Å². The number of Topliss-reactive ketones (excluding diaryl/α,β-unsaturated/α-hetero) is 1. The highest BCUT2D eigenvalue weighted by Crippen LogP contribution is 2.31. The highest BCUT2D eigenvalue weighted by Gasteiger charge is 2.22. The third-order valence-corrected chi connectivity index (χ3v) is 4.99. The van der Waals surface area contributed by atoms with Crippen LogP contribution in [-0.4, -0.2) is 30.3 Å². The smallest absolute Gasteiger partial charge is 0.179 e. The molecule has 0 aliphatic carbocycles. The van der Waals surface area contributed by atoms with Gasteiger partial charge in [-0.05, 0) is 31.4 Å². The van der Waals surface area contributed by atoms with Gasteiger partial charge in [0.25, 0.3) is 0 Å². The Morgan fingerprint density at radius 1 is 1.56 bits per heavy atom. The Balaban J connectivity index is 1.97. The van der Waals surface area contributed by atoms with Crippen molar-refractivity contribution in [1.82, 2.24) is 4.90 Å². The molecular formula is C13H17Cl2NOS. The molecule has 18 heavy (non-hydrogen) atoms. The lowest BCUT2D eigenvalue weighted by molar-refractivity contribution is 0.0885. The quantitative estimate of drug-likeness (QED) is 0.770. The van der Waals surface area contributed by atoms with Gasteiger partial charge in [-0.15, -0.1) is 11.3 Å². The highest BCUT2D eigenvalue weighted by molar-refractivity contribution is 7.20. The summed E-state index contributed by atoms with van der Waals surface area (Å²) >= 11 is 13.1. The number of nitrogens with zero attached hydrogens (tertiary/aromatic N) is 1. The maximum Gasteiger partial charge on any atom is 0.179 e. The largest absolute Gasteiger partial charge is 0.296 e. The Morgan fingerprint density at radius 2 is 2.33 bits per heavy atom. The second-order valence-electron chi connectivity index (χ2n) is 4.81. The van der Waals surface area contributed by atoms with Crippen molar-refractivity contribution in [3.63, 3.8) is 0 Å². The second kappa shape index (κ2) is 6.38. The average molecular weight is 306 g/mol. The van der Waals surface area contributed by atoms with Crippen LogP contribution in [0.3, 0.4) is 0 Å². The topological polar surface area (TPSA) is 20.3 Å². The number of carbonyl (C=O) groups excluding carboxylic acids is 1. The molecule has 1 atom stereocenters. The molecule has 0 N–H and O–H groups in total. The zero-order chi connectivity index (χ0) is 13.1. The summed E-state index contributed by atoms with van der Waals surface area (Å²) in [6.45, 7) is 4.71. The standard InChI is InChI=1S/C13H17Cl2NOS/c1-2-9-4-3-5-16(7-9)8-11(17)10-6-12(14)18-13(10)15/h6,9H,2-5,7-8H2,1H3. The van der Waals surface area contributed by atoms with Crippen LogP contribution in [0.1, 0.15) is 36.5 Å². The molecule has 0 amide bonds. The Hall–Kier alpha value is -0.0900. The lowest BCUT2D eigenvalue weighted by atomic mass is 9.95. The molecule has 1 aromatic rings. The van der Waals surface area contributed by atoms with Gasteiger partial charge < -0.3 is 0 Å². The molecule has 2 nitrogen and oxygen atoms in total. The van der Waals surface area contributed by atoms with E-state index in [0.717, 1.165) is 19.0 Å². The van der Waals surface area contributed by atoms with Gasteiger partial charge in [-0.25, -0.2) is 0 Å². The van der Waals surface area contributed by atoms with Crippen LogP contribution in [0, 0.1) is 5.92 Å². The van der Waals surface area contributed by atoms with Gasteiger partial charge in [0.05, 0.1) is 16.4 Å². The van der Waals surface area contributed by atoms with Crippen LogP contribution in [0.25, 0.3) is 0 Å². The molecular weight excluding hydrogens is 289 g/mol. The molecule has 1 saturated heterocycles. The number of carbonyl (C=O) groups is 1. The van der Waals surface area contributed by atoms with Crippen LogP contribution in [0.2, 0.25) is 8.67 Å². The van der Waals surface area contributed by atoms with Gasteiger partial charge in [0, 0.05) is 6.54 Å². The molecule has 0 spiro atoms. The van der Waals surface area contributed by atoms with Gasteiger partial charge in [-0.2, -0.15) is 0 Å². The predicted octanol–water partition coefficient (Wildman–Crippen LogP) is 4.36. The van der Waals surface area contributed by atoms with Crippen LogP contribution >= 0.6 is 34.5 Å². The minimum absolute atomic E-state index is 0.0832. The van der Waals surface area contributed by atoms with Crippen LogP contribution in [-0.2, 0) is 0 Å². The van der Waals surface area contributed by atoms with E-state index in [1.807, 2.05) is 0 Å². The summed E-state index contributed by atoms with van der Waals surface area (Å²) in [6.07, 6.45) is 3.66. The minimum atomic E-state index is 0.0832. The third-order valence-electron chi connectivity index (χ3n) is 3.50. The molecule has 1 aromatic heterocycles. The van der Waals surface area contributed by atoms with E-state index in [1.54, 1.807) is 6.07 Å². The minimum Gasteiger partial charge on any atom is -0.296 e. The van der Waals surface area contributed by atoms with Crippen LogP contribution in [0.15, 0.2) is 6.07 Å². The fraction of sp³-hybridized carbons (Fsp3) is 0.615. The molecule has 0 saturated carbocycles. The SMILES string of the molecule is CCC1CCCN(CC(=O)c2cc(Cl)sc2Cl)C1. The normalized spacial score (nSPS) is 21.2. The van der Waals surface area contributed by atoms with Gasteiger partial charge in [0.15, 0.2) is 5.78 Å². The molecule has 1 aliphatic heterocycles. The highest BCUT2D eigenvalue weighted by atomic mass is 35.5. The number of thiophene rings is 1. The number of hydrogen-bond acceptors (Lipinski definition) is 3. The number of hydrogen-bond donors (Lipinski definition) is 0. The lowest BCUT2D eigenvalue weighted by Crippen LogP contribution is -2.38. The molecule has 1 unspecified atom stereocenters. The maximum absolute atomic E-state index is 12.2. The zero-order valence-electron chi connectivity index (χ0n) is 10.4. The number of halogens is 2. The Morgan fingerprint density at radius 3 is 2.94 bits per heavy atom. The Kier molecular flexibility index (Phi) is 5.07. The van der Waals surface area contributed by atoms with E-state index in [-0.39, 0.29) is 5.78 Å². The van der Waals surface area contributed by atoms with E-state index >= 15 is 0 Å². The lowest BCUT2D eigenvalue weighted by Gasteiger charge is -2.31. The zero-order valence-corrected chi connectivity index (χ0v) is 12.7. The summed E-state index contributed by atoms with van der Waals surface area (Å²) in [5, 5.41) is 0. The number of likely N-dealkylation sites (tertiary alicyclic amines) is 1. The molecule has 1 aliphatic rings. The third kappa shape index (κ3) is 3.47. The Labute approximate surface area is 122 Å². The first kappa shape index (κ1) is 14.3. The predicted molar refractivity (Wildman–Crippen MR) is 78.1 cm³/mol. The summed E-state index contributed by atoms with van der Waals surface area (Å²) in [4.78, 5) is 14.4. The van der Waals surface area contributed by atoms with Crippen molar-refractivity contribution in [3.05, 3.63) is 20.3 Å². The molecule has 0 radical (unpaired) electrons. The van der Waals surface area contributed by atoms with Crippen molar-refractivity contribution in [2.45, 2.75) is 26.2 Å². The van der Waals surface area contributed by atoms with Crippen molar-refractivity contribution >= 4 is 40.3 Å². The average Bonchev–Trinajstić information content (AvgIpc) is 2.69. The first-order valence-electron chi connectivity index (χ1n) is 6.30. The summed E-state index contributed by atoms with van der Waals surface area (Å²) in [7, 11) is 0. The summed E-state index contributed by atoms with van der Waals surface area (Å²) in [6, 6.07) is 1.68. The van der Waals surface area contributed by atoms with Gasteiger partial charge in [0.1, 0.15) is 4.34 Å². The van der Waals surface area contributed by atoms with Gasteiger partial charge >= 0.3 is 0 Å². The van der Waals surface area contributed by atoms with Gasteiger partial charge in [-0.3, -0.25) is 9.69 Å². The number of rotatable bonds is 4. The van der Waals surface area contributed by atoms with Crippen molar-refractivity contribution in [3.8, 4) is 0 Å². The van der Waals surface area contributed by atoms with Crippen molar-refractivity contribution in [2.24, 2.45) is 5.92 Å². The number of piperidine rings is 1. The molecule has 1 fully saturated rings. The second-order valence-corrected chi connectivity index (χ2v) is 7.10. The summed E-state index contributed by atoms with van der Waals surface area (Å²) < 4.78 is 1.09. The monoisotopic (exact) mass is 305 g/mol. The van der Waals surface area contributed by atoms with Crippen molar-refractivity contribution < 1.29 is 4.79 Å². The van der Waals surface area contributed by atoms with Gasteiger partial charge in [0.2, 0.25) is 0 Å². The van der Waals surface area contributed by atoms with E-state index in [0.29, 0.717) is 20.8 Å². The van der Waals surface area contributed by atoms with E-state index in [4.69, 9.17) is 23.2 Å². The molecule has 2 rings (SSSR count). The summed E-state index contributed by atoms with van der Waals surface area (Å²) in [5.41, 5.74) is 0.574. The fourth-order valence-corrected chi connectivity index (χ4v) is 3.95. The van der Waals surface area contributed by atoms with E-state index in [9.17, 15) is 4.79 Å². The number of ketones is 1. The van der Waals surface area contributed by atoms with Crippen LogP contribution in [0.4, 0.5) is 0 Å². The van der Waals surface area contributed by atoms with E-state index < -0.39 is 0 Å². The van der Waals surface area contributed by atoms with Gasteiger partial charge in [-0.1, -0.05) is 36.5 Å². The van der Waals surface area contributed by atoms with Crippen molar-refractivity contribution in [1.29, 1.82) is 0 Å². The fourth-order valence-electron chi connectivity index (χ4n) is 2.45.